The fraction of sp³-hybridized carbons (Fsp3) is 0.136. The molecule has 0 spiro atoms. The number of anilines is 2. The van der Waals surface area contributed by atoms with E-state index in [2.05, 4.69) is 5.32 Å². The molecule has 30 heavy (non-hydrogen) atoms. The standard InChI is InChI=1S/C22H19FN2O4S/c23-17-9-6-10-18(13-17)24-22(26)21-14-25(19-11-4-5-12-20(19)29-21)30(27,28)15-16-7-2-1-3-8-16/h1-13,21H,14-15H2,(H,24,26)/t21-/m1/s1. The normalized spacial score (nSPS) is 15.8. The number of nitrogens with zero attached hydrogens (tertiary/aromatic N) is 1. The van der Waals surface area contributed by atoms with Gasteiger partial charge < -0.3 is 10.1 Å². The average molecular weight is 426 g/mol. The SMILES string of the molecule is O=C(Nc1cccc(F)c1)[C@H]1CN(S(=O)(=O)Cc2ccccc2)c2ccccc2O1. The van der Waals surface area contributed by atoms with Gasteiger partial charge in [-0.2, -0.15) is 0 Å². The summed E-state index contributed by atoms with van der Waals surface area (Å²) in [5.74, 6) is -0.968. The lowest BCUT2D eigenvalue weighted by atomic mass is 10.2. The van der Waals surface area contributed by atoms with Crippen LogP contribution in [0.5, 0.6) is 5.75 Å². The molecular formula is C22H19FN2O4S. The van der Waals surface area contributed by atoms with Crippen molar-refractivity contribution in [1.29, 1.82) is 0 Å². The fourth-order valence-corrected chi connectivity index (χ4v) is 4.84. The predicted octanol–water partition coefficient (Wildman–Crippen LogP) is 3.56. The van der Waals surface area contributed by atoms with Crippen LogP contribution in [0.2, 0.25) is 0 Å². The molecule has 8 heteroatoms. The van der Waals surface area contributed by atoms with Gasteiger partial charge in [-0.3, -0.25) is 9.10 Å². The first-order chi connectivity index (χ1) is 14.4. The van der Waals surface area contributed by atoms with Gasteiger partial charge in [0, 0.05) is 5.69 Å². The second-order valence-corrected chi connectivity index (χ2v) is 8.74. The van der Waals surface area contributed by atoms with Crippen molar-refractivity contribution < 1.29 is 22.3 Å². The van der Waals surface area contributed by atoms with Crippen LogP contribution in [-0.4, -0.2) is 27.0 Å². The molecule has 0 radical (unpaired) electrons. The monoisotopic (exact) mass is 426 g/mol. The van der Waals surface area contributed by atoms with E-state index in [1.807, 2.05) is 6.07 Å². The fourth-order valence-electron chi connectivity index (χ4n) is 3.25. The zero-order valence-corrected chi connectivity index (χ0v) is 16.7. The molecule has 0 bridgehead atoms. The summed E-state index contributed by atoms with van der Waals surface area (Å²) in [6.45, 7) is -0.187. The third kappa shape index (κ3) is 4.28. The lowest BCUT2D eigenvalue weighted by molar-refractivity contribution is -0.122. The van der Waals surface area contributed by atoms with Crippen LogP contribution in [-0.2, 0) is 20.6 Å². The van der Waals surface area contributed by atoms with Gasteiger partial charge in [0.1, 0.15) is 11.6 Å². The van der Waals surface area contributed by atoms with Crippen molar-refractivity contribution in [2.45, 2.75) is 11.9 Å². The first kappa shape index (κ1) is 19.9. The summed E-state index contributed by atoms with van der Waals surface area (Å²) >= 11 is 0. The van der Waals surface area contributed by atoms with Gasteiger partial charge in [-0.1, -0.05) is 48.5 Å². The average Bonchev–Trinajstić information content (AvgIpc) is 2.73. The van der Waals surface area contributed by atoms with E-state index in [0.29, 0.717) is 17.0 Å². The number of hydrogen-bond acceptors (Lipinski definition) is 4. The number of amides is 1. The highest BCUT2D eigenvalue weighted by Gasteiger charge is 2.36. The third-order valence-corrected chi connectivity index (χ3v) is 6.36. The van der Waals surface area contributed by atoms with Crippen LogP contribution in [0.3, 0.4) is 0 Å². The van der Waals surface area contributed by atoms with Crippen molar-refractivity contribution >= 4 is 27.3 Å². The number of para-hydroxylation sites is 2. The Bertz CT molecular complexity index is 1170. The van der Waals surface area contributed by atoms with Crippen molar-refractivity contribution in [3.05, 3.63) is 90.2 Å². The summed E-state index contributed by atoms with van der Waals surface area (Å²) in [6, 6.07) is 20.9. The lowest BCUT2D eigenvalue weighted by Crippen LogP contribution is -2.49. The van der Waals surface area contributed by atoms with E-state index in [0.717, 1.165) is 0 Å². The number of nitrogens with one attached hydrogen (secondary N) is 1. The van der Waals surface area contributed by atoms with Gasteiger partial charge in [0.25, 0.3) is 5.91 Å². The Hall–Kier alpha value is -3.39. The van der Waals surface area contributed by atoms with Crippen molar-refractivity contribution in [3.8, 4) is 5.75 Å². The van der Waals surface area contributed by atoms with Gasteiger partial charge in [-0.15, -0.1) is 0 Å². The van der Waals surface area contributed by atoms with Gasteiger partial charge in [0.2, 0.25) is 10.0 Å². The van der Waals surface area contributed by atoms with Crippen molar-refractivity contribution in [2.24, 2.45) is 0 Å². The molecule has 0 saturated heterocycles. The molecule has 4 rings (SSSR count). The molecule has 1 atom stereocenters. The number of carbonyl (C=O) groups excluding carboxylic acids is 1. The van der Waals surface area contributed by atoms with Crippen LogP contribution < -0.4 is 14.4 Å². The molecule has 154 valence electrons. The second-order valence-electron chi connectivity index (χ2n) is 6.85. The molecule has 1 aliphatic heterocycles. The molecule has 6 nitrogen and oxygen atoms in total. The number of halogens is 1. The molecule has 0 fully saturated rings. The van der Waals surface area contributed by atoms with Crippen LogP contribution in [0.4, 0.5) is 15.8 Å². The molecule has 1 amide bonds. The Morgan fingerprint density at radius 1 is 1.03 bits per heavy atom. The topological polar surface area (TPSA) is 75.7 Å². The molecule has 0 aliphatic carbocycles. The number of carbonyl (C=O) groups is 1. The third-order valence-electron chi connectivity index (χ3n) is 4.65. The minimum atomic E-state index is -3.78. The quantitative estimate of drug-likeness (QED) is 0.677. The highest BCUT2D eigenvalue weighted by Crippen LogP contribution is 2.36. The van der Waals surface area contributed by atoms with E-state index in [1.54, 1.807) is 54.6 Å². The van der Waals surface area contributed by atoms with Crippen LogP contribution in [0, 0.1) is 5.82 Å². The van der Waals surface area contributed by atoms with E-state index in [-0.39, 0.29) is 18.0 Å². The Balaban J connectivity index is 1.61. The lowest BCUT2D eigenvalue weighted by Gasteiger charge is -2.34. The maximum Gasteiger partial charge on any atom is 0.267 e. The van der Waals surface area contributed by atoms with Gasteiger partial charge in [-0.05, 0) is 35.9 Å². The first-order valence-electron chi connectivity index (χ1n) is 9.29. The molecule has 3 aromatic rings. The largest absolute Gasteiger partial charge is 0.476 e. The van der Waals surface area contributed by atoms with Crippen LogP contribution in [0.25, 0.3) is 0 Å². The number of sulfonamides is 1. The summed E-state index contributed by atoms with van der Waals surface area (Å²) in [5.41, 5.74) is 1.28. The number of hydrogen-bond donors (Lipinski definition) is 1. The van der Waals surface area contributed by atoms with Crippen molar-refractivity contribution in [3.63, 3.8) is 0 Å². The van der Waals surface area contributed by atoms with E-state index >= 15 is 0 Å². The van der Waals surface area contributed by atoms with Gasteiger partial charge in [-0.25, -0.2) is 12.8 Å². The van der Waals surface area contributed by atoms with E-state index in [9.17, 15) is 17.6 Å². The van der Waals surface area contributed by atoms with E-state index in [1.165, 1.54) is 22.5 Å². The smallest absolute Gasteiger partial charge is 0.267 e. The zero-order valence-electron chi connectivity index (χ0n) is 15.9. The Morgan fingerprint density at radius 3 is 2.53 bits per heavy atom. The summed E-state index contributed by atoms with van der Waals surface area (Å²) in [5, 5.41) is 2.58. The van der Waals surface area contributed by atoms with Crippen LogP contribution >= 0.6 is 0 Å². The number of benzene rings is 3. The molecule has 0 saturated carbocycles. The number of fused-ring (bicyclic) bond motifs is 1. The highest BCUT2D eigenvalue weighted by molar-refractivity contribution is 7.92. The molecule has 0 unspecified atom stereocenters. The minimum absolute atomic E-state index is 0.187. The molecule has 1 heterocycles. The molecule has 0 aromatic heterocycles. The molecular weight excluding hydrogens is 407 g/mol. The molecule has 3 aromatic carbocycles. The maximum absolute atomic E-state index is 13.4. The van der Waals surface area contributed by atoms with Crippen molar-refractivity contribution in [2.75, 3.05) is 16.2 Å². The maximum atomic E-state index is 13.4. The summed E-state index contributed by atoms with van der Waals surface area (Å²) in [7, 11) is -3.78. The van der Waals surface area contributed by atoms with Gasteiger partial charge in [0.05, 0.1) is 18.0 Å². The van der Waals surface area contributed by atoms with Crippen molar-refractivity contribution in [1.82, 2.24) is 0 Å². The minimum Gasteiger partial charge on any atom is -0.476 e. The highest BCUT2D eigenvalue weighted by atomic mass is 32.2. The second kappa shape index (κ2) is 8.16. The van der Waals surface area contributed by atoms with Gasteiger partial charge >= 0.3 is 0 Å². The summed E-state index contributed by atoms with van der Waals surface area (Å²) in [6.07, 6.45) is -1.09. The van der Waals surface area contributed by atoms with E-state index in [4.69, 9.17) is 4.74 Å². The zero-order chi connectivity index (χ0) is 21.1. The van der Waals surface area contributed by atoms with Gasteiger partial charge in [0.15, 0.2) is 6.10 Å². The van der Waals surface area contributed by atoms with E-state index < -0.39 is 27.9 Å². The Morgan fingerprint density at radius 2 is 1.77 bits per heavy atom. The Kier molecular flexibility index (Phi) is 5.41. The first-order valence-corrected chi connectivity index (χ1v) is 10.9. The molecule has 1 N–H and O–H groups in total. The molecule has 1 aliphatic rings. The predicted molar refractivity (Wildman–Crippen MR) is 112 cm³/mol. The number of rotatable bonds is 5. The number of ether oxygens (including phenoxy) is 1. The van der Waals surface area contributed by atoms with Crippen LogP contribution in [0.15, 0.2) is 78.9 Å². The Labute approximate surface area is 174 Å². The van der Waals surface area contributed by atoms with Crippen LogP contribution in [0.1, 0.15) is 5.56 Å². The summed E-state index contributed by atoms with van der Waals surface area (Å²) in [4.78, 5) is 12.7. The summed E-state index contributed by atoms with van der Waals surface area (Å²) < 4.78 is 46.7.